The minimum atomic E-state index is -1.00. The van der Waals surface area contributed by atoms with E-state index in [0.717, 1.165) is 0 Å². The maximum Gasteiger partial charge on any atom is 0.322 e. The largest absolute Gasteiger partial charge is 0.481 e. The first kappa shape index (κ1) is 14.8. The molecular weight excluding hydrogens is 274 g/mol. The Morgan fingerprint density at radius 1 is 1.38 bits per heavy atom. The Morgan fingerprint density at radius 3 is 2.71 bits per heavy atom. The Balaban J connectivity index is 2.20. The molecule has 0 saturated carbocycles. The summed E-state index contributed by atoms with van der Waals surface area (Å²) in [5, 5.41) is 14.2. The van der Waals surface area contributed by atoms with Crippen molar-refractivity contribution in [3.8, 4) is 0 Å². The number of fused-ring (bicyclic) bond motifs is 1. The van der Waals surface area contributed by atoms with Crippen LogP contribution in [0.3, 0.4) is 0 Å². The van der Waals surface area contributed by atoms with Gasteiger partial charge in [-0.1, -0.05) is 12.1 Å². The molecule has 1 aliphatic rings. The van der Waals surface area contributed by atoms with Crippen LogP contribution in [0.1, 0.15) is 20.3 Å². The summed E-state index contributed by atoms with van der Waals surface area (Å²) in [6.45, 7) is 3.13. The molecule has 112 valence electrons. The highest BCUT2D eigenvalue weighted by molar-refractivity contribution is 6.09. The van der Waals surface area contributed by atoms with Crippen molar-refractivity contribution < 1.29 is 19.5 Å². The molecule has 0 unspecified atom stereocenters. The lowest BCUT2D eigenvalue weighted by Crippen LogP contribution is -2.54. The maximum absolute atomic E-state index is 12.3. The molecule has 3 N–H and O–H groups in total. The van der Waals surface area contributed by atoms with Crippen LogP contribution in [0.5, 0.6) is 0 Å². The number of hydrogen-bond donors (Lipinski definition) is 3. The van der Waals surface area contributed by atoms with Crippen LogP contribution in [0.15, 0.2) is 24.3 Å². The zero-order valence-corrected chi connectivity index (χ0v) is 11.8. The van der Waals surface area contributed by atoms with Crippen LogP contribution in [0.2, 0.25) is 0 Å². The number of para-hydroxylation sites is 2. The standard InChI is InChI=1S/C14H17N3O4/c1-14(2,7-12(19)20)16-13(21)17-8-11(18)15-9-5-3-4-6-10(9)17/h3-6H,7-8H2,1-2H3,(H,15,18)(H,16,21)(H,19,20). The van der Waals surface area contributed by atoms with E-state index in [1.165, 1.54) is 4.90 Å². The summed E-state index contributed by atoms with van der Waals surface area (Å²) in [5.41, 5.74) is 0.229. The van der Waals surface area contributed by atoms with Gasteiger partial charge in [-0.05, 0) is 26.0 Å². The molecule has 0 atom stereocenters. The fourth-order valence-electron chi connectivity index (χ4n) is 2.19. The Morgan fingerprint density at radius 2 is 2.05 bits per heavy atom. The molecule has 21 heavy (non-hydrogen) atoms. The van der Waals surface area contributed by atoms with Gasteiger partial charge in [-0.3, -0.25) is 14.5 Å². The van der Waals surface area contributed by atoms with E-state index in [4.69, 9.17) is 5.11 Å². The lowest BCUT2D eigenvalue weighted by atomic mass is 10.0. The van der Waals surface area contributed by atoms with E-state index in [0.29, 0.717) is 11.4 Å². The van der Waals surface area contributed by atoms with Crippen molar-refractivity contribution in [2.45, 2.75) is 25.8 Å². The third-order valence-electron chi connectivity index (χ3n) is 3.05. The fraction of sp³-hybridized carbons (Fsp3) is 0.357. The summed E-state index contributed by atoms with van der Waals surface area (Å²) in [6.07, 6.45) is -0.208. The van der Waals surface area contributed by atoms with Crippen LogP contribution in [-0.4, -0.2) is 35.1 Å². The van der Waals surface area contributed by atoms with Gasteiger partial charge in [0, 0.05) is 5.54 Å². The quantitative estimate of drug-likeness (QED) is 0.784. The highest BCUT2D eigenvalue weighted by Crippen LogP contribution is 2.29. The molecule has 0 fully saturated rings. The SMILES string of the molecule is CC(C)(CC(=O)O)NC(=O)N1CC(=O)Nc2ccccc21. The van der Waals surface area contributed by atoms with Gasteiger partial charge in [0.1, 0.15) is 6.54 Å². The number of nitrogens with one attached hydrogen (secondary N) is 2. The van der Waals surface area contributed by atoms with Crippen LogP contribution in [-0.2, 0) is 9.59 Å². The number of urea groups is 1. The summed E-state index contributed by atoms with van der Waals surface area (Å²) < 4.78 is 0. The number of aliphatic carboxylic acids is 1. The Kier molecular flexibility index (Phi) is 3.84. The van der Waals surface area contributed by atoms with Gasteiger partial charge in [0.2, 0.25) is 5.91 Å². The number of carbonyl (C=O) groups is 3. The molecule has 1 heterocycles. The lowest BCUT2D eigenvalue weighted by molar-refractivity contribution is -0.138. The molecule has 0 bridgehead atoms. The molecule has 2 rings (SSSR count). The minimum absolute atomic E-state index is 0.105. The normalized spacial score (nSPS) is 14.2. The summed E-state index contributed by atoms with van der Waals surface area (Å²) in [6, 6.07) is 6.45. The second-order valence-corrected chi connectivity index (χ2v) is 5.54. The molecule has 0 aliphatic carbocycles. The van der Waals surface area contributed by atoms with Crippen LogP contribution in [0, 0.1) is 0 Å². The van der Waals surface area contributed by atoms with E-state index in [2.05, 4.69) is 10.6 Å². The number of rotatable bonds is 3. The Labute approximate surface area is 121 Å². The van der Waals surface area contributed by atoms with Crippen LogP contribution in [0.4, 0.5) is 16.2 Å². The summed E-state index contributed by atoms with van der Waals surface area (Å²) in [4.78, 5) is 36.1. The predicted octanol–water partition coefficient (Wildman–Crippen LogP) is 1.41. The van der Waals surface area contributed by atoms with Gasteiger partial charge < -0.3 is 15.7 Å². The van der Waals surface area contributed by atoms with Crippen LogP contribution in [0.25, 0.3) is 0 Å². The third kappa shape index (κ3) is 3.50. The van der Waals surface area contributed by atoms with Gasteiger partial charge in [-0.2, -0.15) is 0 Å². The zero-order chi connectivity index (χ0) is 15.6. The summed E-state index contributed by atoms with van der Waals surface area (Å²) in [7, 11) is 0. The van der Waals surface area contributed by atoms with E-state index in [-0.39, 0.29) is 18.9 Å². The van der Waals surface area contributed by atoms with Gasteiger partial charge in [0.05, 0.1) is 17.8 Å². The third-order valence-corrected chi connectivity index (χ3v) is 3.05. The second kappa shape index (κ2) is 5.43. The smallest absolute Gasteiger partial charge is 0.322 e. The van der Waals surface area contributed by atoms with Crippen LogP contribution < -0.4 is 15.5 Å². The summed E-state index contributed by atoms with van der Waals surface area (Å²) in [5.74, 6) is -1.29. The highest BCUT2D eigenvalue weighted by atomic mass is 16.4. The number of carboxylic acid groups (broad SMARTS) is 1. The minimum Gasteiger partial charge on any atom is -0.481 e. The summed E-state index contributed by atoms with van der Waals surface area (Å²) >= 11 is 0. The van der Waals surface area contributed by atoms with Crippen molar-refractivity contribution >= 4 is 29.3 Å². The molecule has 1 aromatic rings. The lowest BCUT2D eigenvalue weighted by Gasteiger charge is -2.33. The molecule has 7 heteroatoms. The molecule has 1 aromatic carbocycles. The molecule has 3 amide bonds. The highest BCUT2D eigenvalue weighted by Gasteiger charge is 2.31. The van der Waals surface area contributed by atoms with Crippen molar-refractivity contribution in [2.24, 2.45) is 0 Å². The monoisotopic (exact) mass is 291 g/mol. The zero-order valence-electron chi connectivity index (χ0n) is 11.8. The van der Waals surface area contributed by atoms with Gasteiger partial charge in [0.15, 0.2) is 0 Å². The van der Waals surface area contributed by atoms with E-state index in [1.54, 1.807) is 38.1 Å². The molecule has 0 saturated heterocycles. The number of hydrogen-bond acceptors (Lipinski definition) is 3. The van der Waals surface area contributed by atoms with E-state index in [1.807, 2.05) is 0 Å². The van der Waals surface area contributed by atoms with E-state index < -0.39 is 17.5 Å². The van der Waals surface area contributed by atoms with Crippen molar-refractivity contribution in [1.29, 1.82) is 0 Å². The van der Waals surface area contributed by atoms with Gasteiger partial charge in [0.25, 0.3) is 0 Å². The Hall–Kier alpha value is -2.57. The van der Waals surface area contributed by atoms with Gasteiger partial charge in [-0.25, -0.2) is 4.79 Å². The molecule has 1 aliphatic heterocycles. The Bertz CT molecular complexity index is 598. The first-order valence-corrected chi connectivity index (χ1v) is 6.49. The van der Waals surface area contributed by atoms with Gasteiger partial charge >= 0.3 is 12.0 Å². The van der Waals surface area contributed by atoms with E-state index >= 15 is 0 Å². The molecule has 0 spiro atoms. The number of amides is 3. The first-order valence-electron chi connectivity index (χ1n) is 6.49. The van der Waals surface area contributed by atoms with Gasteiger partial charge in [-0.15, -0.1) is 0 Å². The first-order chi connectivity index (χ1) is 9.78. The van der Waals surface area contributed by atoms with Crippen molar-refractivity contribution in [2.75, 3.05) is 16.8 Å². The maximum atomic E-state index is 12.3. The number of benzene rings is 1. The molecule has 7 nitrogen and oxygen atoms in total. The second-order valence-electron chi connectivity index (χ2n) is 5.54. The predicted molar refractivity (Wildman–Crippen MR) is 77.3 cm³/mol. The molecule has 0 aromatic heterocycles. The van der Waals surface area contributed by atoms with Crippen LogP contribution >= 0.6 is 0 Å². The molecule has 0 radical (unpaired) electrons. The van der Waals surface area contributed by atoms with Crippen molar-refractivity contribution in [3.05, 3.63) is 24.3 Å². The average molecular weight is 291 g/mol. The fourth-order valence-corrected chi connectivity index (χ4v) is 2.19. The number of carboxylic acids is 1. The van der Waals surface area contributed by atoms with E-state index in [9.17, 15) is 14.4 Å². The molecular formula is C14H17N3O4. The van der Waals surface area contributed by atoms with Crippen molar-refractivity contribution in [3.63, 3.8) is 0 Å². The van der Waals surface area contributed by atoms with Crippen molar-refractivity contribution in [1.82, 2.24) is 5.32 Å². The average Bonchev–Trinajstić information content (AvgIpc) is 2.35. The number of carbonyl (C=O) groups excluding carboxylic acids is 2. The number of anilines is 2. The topological polar surface area (TPSA) is 98.7 Å². The number of nitrogens with zero attached hydrogens (tertiary/aromatic N) is 1.